The van der Waals surface area contributed by atoms with Gasteiger partial charge in [-0.3, -0.25) is 38.4 Å². The number of imidazole rings is 1. The van der Waals surface area contributed by atoms with Crippen molar-refractivity contribution >= 4 is 60.0 Å². The number of benzene rings is 2. The number of ether oxygens (including phenoxy) is 1. The van der Waals surface area contributed by atoms with Gasteiger partial charge in [-0.15, -0.1) is 0 Å². The van der Waals surface area contributed by atoms with Gasteiger partial charge in [-0.05, 0) is 75.7 Å². The number of amidine groups is 1. The monoisotopic (exact) mass is 829 g/mol. The van der Waals surface area contributed by atoms with Gasteiger partial charge in [0.15, 0.2) is 0 Å². The van der Waals surface area contributed by atoms with Crippen molar-refractivity contribution in [2.45, 2.75) is 60.2 Å². The number of amides is 4. The lowest BCUT2D eigenvalue weighted by molar-refractivity contribution is 0.0986. The Labute approximate surface area is 337 Å². The molecule has 0 unspecified atom stereocenters. The van der Waals surface area contributed by atoms with E-state index >= 15 is 0 Å². The van der Waals surface area contributed by atoms with E-state index in [0.717, 1.165) is 11.3 Å². The van der Waals surface area contributed by atoms with E-state index in [1.807, 2.05) is 30.9 Å². The summed E-state index contributed by atoms with van der Waals surface area (Å²) in [5, 5.41) is 11.6. The lowest BCUT2D eigenvalue weighted by Crippen LogP contribution is -2.28. The minimum Gasteiger partial charge on any atom is -0.491 e. The highest BCUT2D eigenvalue weighted by Gasteiger charge is 2.28. The van der Waals surface area contributed by atoms with E-state index in [1.165, 1.54) is 12.1 Å². The molecule has 3 aromatic heterocycles. The second-order valence-electron chi connectivity index (χ2n) is 13.5. The van der Waals surface area contributed by atoms with Crippen molar-refractivity contribution in [2.24, 2.45) is 16.5 Å². The summed E-state index contributed by atoms with van der Waals surface area (Å²) in [5.41, 5.74) is 15.7. The fourth-order valence-corrected chi connectivity index (χ4v) is 7.03. The molecule has 21 heteroatoms. The minimum atomic E-state index is -4.70. The van der Waals surface area contributed by atoms with Crippen LogP contribution >= 0.6 is 7.82 Å². The normalized spacial score (nSPS) is 13.5. The molecule has 0 fully saturated rings. The first-order chi connectivity index (χ1) is 28.1. The number of carbonyl (C=O) groups excluding carboxylic acids is 4. The van der Waals surface area contributed by atoms with Gasteiger partial charge in [0.1, 0.15) is 28.5 Å². The van der Waals surface area contributed by atoms with Gasteiger partial charge in [-0.2, -0.15) is 15.2 Å². The molecule has 4 amide bonds. The van der Waals surface area contributed by atoms with E-state index < -0.39 is 31.5 Å². The number of phosphoric acid groups is 1. The number of carbonyl (C=O) groups is 4. The lowest BCUT2D eigenvalue weighted by atomic mass is 10.1. The van der Waals surface area contributed by atoms with Gasteiger partial charge in [0.25, 0.3) is 11.8 Å². The number of hydrogen-bond acceptors (Lipinski definition) is 10. The molecule has 7 N–H and O–H groups in total. The number of allylic oxidation sites excluding steroid dienone is 1. The van der Waals surface area contributed by atoms with Crippen molar-refractivity contribution in [2.75, 3.05) is 30.0 Å². The molecular weight excluding hydrogens is 785 g/mol. The number of phosphoric ester groups is 1. The Balaban J connectivity index is 1.35. The zero-order valence-electron chi connectivity index (χ0n) is 32.8. The first-order valence-corrected chi connectivity index (χ1v) is 20.1. The Morgan fingerprint density at radius 3 is 2.22 bits per heavy atom. The van der Waals surface area contributed by atoms with Crippen molar-refractivity contribution < 1.29 is 42.8 Å². The van der Waals surface area contributed by atoms with Crippen LogP contribution in [0.2, 0.25) is 0 Å². The number of anilines is 2. The highest BCUT2D eigenvalue weighted by molar-refractivity contribution is 7.46. The van der Waals surface area contributed by atoms with Gasteiger partial charge in [0.05, 0.1) is 30.1 Å². The Morgan fingerprint density at radius 1 is 0.898 bits per heavy atom. The number of hydrogen-bond donors (Lipinski definition) is 5. The van der Waals surface area contributed by atoms with Crippen LogP contribution in [0.1, 0.15) is 78.9 Å². The van der Waals surface area contributed by atoms with Crippen LogP contribution in [-0.2, 0) is 35.1 Å². The predicted octanol–water partition coefficient (Wildman–Crippen LogP) is 3.27. The van der Waals surface area contributed by atoms with Crippen molar-refractivity contribution in [3.05, 3.63) is 94.1 Å². The predicted molar refractivity (Wildman–Crippen MR) is 217 cm³/mol. The number of aliphatic imine (C=N–C) groups is 1. The third-order valence-corrected chi connectivity index (χ3v) is 9.78. The van der Waals surface area contributed by atoms with E-state index in [9.17, 15) is 23.7 Å². The largest absolute Gasteiger partial charge is 0.491 e. The van der Waals surface area contributed by atoms with Crippen LogP contribution in [0, 0.1) is 13.8 Å². The first kappa shape index (κ1) is 42.1. The zero-order valence-corrected chi connectivity index (χ0v) is 33.7. The number of nitrogens with zero attached hydrogens (tertiary/aromatic N) is 8. The molecule has 4 heterocycles. The maximum atomic E-state index is 13.7. The molecule has 1 aliphatic rings. The average Bonchev–Trinajstić information content (AvgIpc) is 3.94. The number of nitrogens with two attached hydrogens (primary N) is 2. The second kappa shape index (κ2) is 17.6. The Morgan fingerprint density at radius 2 is 1.56 bits per heavy atom. The summed E-state index contributed by atoms with van der Waals surface area (Å²) in [6.07, 6.45) is 3.98. The molecule has 20 nitrogen and oxygen atoms in total. The van der Waals surface area contributed by atoms with Gasteiger partial charge in [0, 0.05) is 55.8 Å². The second-order valence-corrected chi connectivity index (χ2v) is 14.7. The maximum Gasteiger partial charge on any atom is 0.469 e. The molecule has 5 aromatic rings. The summed E-state index contributed by atoms with van der Waals surface area (Å²) in [5.74, 6) is -1.60. The van der Waals surface area contributed by atoms with Gasteiger partial charge in [-0.1, -0.05) is 12.2 Å². The summed E-state index contributed by atoms with van der Waals surface area (Å²) in [7, 11) is -4.70. The number of rotatable bonds is 17. The molecule has 0 aliphatic carbocycles. The van der Waals surface area contributed by atoms with Crippen LogP contribution in [0.4, 0.5) is 11.6 Å². The standard InChI is InChI=1S/C38H44N11O9P/c1-5-48-29(16-22(3)44-48)36(52)42-32-21-25-18-24(34(39)50)10-11-28(25)46(32)12-7-8-13-47-33-27(41-38(47)43-37(53)30-17-23(4)45-49(30)6-2)19-26(35(40)51)20-31(33)57-14-9-15-58-59(54,55)56/h7-8,10-11,16-20H,5-6,9,12-15,21H2,1-4H3,(H2,39,50)(H2,40,51)(H,41,43,53)(H2,54,55,56)/b8-7+,42-32?. The SMILES string of the molecule is CCn1nc(C)cc1C(=O)N=C1Cc2cc(C(N)=O)ccc2N1C/C=C/Cn1c(NC(=O)c2cc(C)nn2CC)nc2cc(C(N)=O)cc(OCCCOP(=O)(O)O)c21. The molecule has 6 rings (SSSR count). The highest BCUT2D eigenvalue weighted by Crippen LogP contribution is 2.36. The molecule has 310 valence electrons. The number of aryl methyl sites for hydroxylation is 4. The minimum absolute atomic E-state index is 0.0692. The summed E-state index contributed by atoms with van der Waals surface area (Å²) in [4.78, 5) is 80.7. The molecule has 2 aromatic carbocycles. The van der Waals surface area contributed by atoms with Crippen LogP contribution in [0.3, 0.4) is 0 Å². The fraction of sp³-hybridized carbons (Fsp3) is 0.316. The molecule has 1 aliphatic heterocycles. The maximum absolute atomic E-state index is 13.7. The van der Waals surface area contributed by atoms with Crippen molar-refractivity contribution in [1.82, 2.24) is 29.1 Å². The van der Waals surface area contributed by atoms with Crippen LogP contribution in [-0.4, -0.2) is 88.1 Å². The summed E-state index contributed by atoms with van der Waals surface area (Å²) in [6, 6.07) is 11.2. The lowest BCUT2D eigenvalue weighted by Gasteiger charge is -2.19. The molecule has 0 bridgehead atoms. The molecule has 0 atom stereocenters. The summed E-state index contributed by atoms with van der Waals surface area (Å²) < 4.78 is 26.5. The highest BCUT2D eigenvalue weighted by atomic mass is 31.2. The van der Waals surface area contributed by atoms with E-state index in [4.69, 9.17) is 26.0 Å². The number of primary amides is 2. The van der Waals surface area contributed by atoms with Crippen molar-refractivity contribution in [3.8, 4) is 5.75 Å². The topological polar surface area (TPSA) is 277 Å². The molecule has 0 radical (unpaired) electrons. The summed E-state index contributed by atoms with van der Waals surface area (Å²) in [6.45, 7) is 8.17. The van der Waals surface area contributed by atoms with Crippen molar-refractivity contribution in [1.29, 1.82) is 0 Å². The number of aromatic nitrogens is 6. The molecule has 59 heavy (non-hydrogen) atoms. The summed E-state index contributed by atoms with van der Waals surface area (Å²) >= 11 is 0. The molecule has 0 saturated carbocycles. The van der Waals surface area contributed by atoms with E-state index in [-0.39, 0.29) is 61.9 Å². The van der Waals surface area contributed by atoms with E-state index in [2.05, 4.69) is 30.0 Å². The third kappa shape index (κ3) is 9.64. The molecular formula is C38H44N11O9P. The molecule has 0 saturated heterocycles. The average molecular weight is 830 g/mol. The Bertz CT molecular complexity index is 2570. The van der Waals surface area contributed by atoms with Crippen LogP contribution in [0.25, 0.3) is 11.0 Å². The third-order valence-electron chi connectivity index (χ3n) is 9.27. The molecule has 0 spiro atoms. The first-order valence-electron chi connectivity index (χ1n) is 18.6. The van der Waals surface area contributed by atoms with Gasteiger partial charge >= 0.3 is 7.82 Å². The van der Waals surface area contributed by atoms with Crippen LogP contribution in [0.5, 0.6) is 5.75 Å². The Kier molecular flexibility index (Phi) is 12.6. The van der Waals surface area contributed by atoms with E-state index in [1.54, 1.807) is 58.1 Å². The van der Waals surface area contributed by atoms with E-state index in [0.29, 0.717) is 52.8 Å². The zero-order chi connectivity index (χ0) is 42.6. The number of nitrogens with one attached hydrogen (secondary N) is 1. The van der Waals surface area contributed by atoms with Crippen LogP contribution in [0.15, 0.2) is 59.6 Å². The van der Waals surface area contributed by atoms with Crippen molar-refractivity contribution in [3.63, 3.8) is 0 Å². The smallest absolute Gasteiger partial charge is 0.469 e. The van der Waals surface area contributed by atoms with Gasteiger partial charge in [-0.25, -0.2) is 9.55 Å². The Hall–Kier alpha value is -6.47. The van der Waals surface area contributed by atoms with Crippen LogP contribution < -0.4 is 26.4 Å². The number of fused-ring (bicyclic) bond motifs is 2. The van der Waals surface area contributed by atoms with Gasteiger partial charge in [0.2, 0.25) is 17.8 Å². The quantitative estimate of drug-likeness (QED) is 0.0512. The van der Waals surface area contributed by atoms with Gasteiger partial charge < -0.3 is 35.5 Å². The fourth-order valence-electron chi connectivity index (χ4n) is 6.66.